The predicted molar refractivity (Wildman–Crippen MR) is 114 cm³/mol. The van der Waals surface area contributed by atoms with Crippen molar-refractivity contribution in [1.82, 2.24) is 5.32 Å². The molecule has 0 heterocycles. The van der Waals surface area contributed by atoms with Gasteiger partial charge in [-0.05, 0) is 72.2 Å². The molecule has 0 saturated heterocycles. The summed E-state index contributed by atoms with van der Waals surface area (Å²) in [6, 6.07) is 20.7. The minimum Gasteiger partial charge on any atom is -0.481 e. The minimum absolute atomic E-state index is 0.0346. The first-order valence-corrected chi connectivity index (χ1v) is 10.2. The maximum absolute atomic E-state index is 12.8. The Balaban J connectivity index is 1.44. The first-order valence-electron chi connectivity index (χ1n) is 10.2. The summed E-state index contributed by atoms with van der Waals surface area (Å²) in [5.74, 6) is 0.662. The van der Waals surface area contributed by atoms with E-state index in [4.69, 9.17) is 4.74 Å². The number of hydrogen-bond donors (Lipinski definition) is 1. The molecule has 3 heteroatoms. The zero-order valence-electron chi connectivity index (χ0n) is 16.6. The average Bonchev–Trinajstić information content (AvgIpc) is 3.19. The van der Waals surface area contributed by atoms with Crippen LogP contribution in [-0.4, -0.2) is 12.0 Å². The fourth-order valence-corrected chi connectivity index (χ4v) is 3.98. The highest BCUT2D eigenvalue weighted by atomic mass is 16.5. The predicted octanol–water partition coefficient (Wildman–Crippen LogP) is 5.36. The number of amides is 1. The molecule has 3 aromatic rings. The van der Waals surface area contributed by atoms with E-state index >= 15 is 0 Å². The molecule has 0 aliphatic heterocycles. The van der Waals surface area contributed by atoms with Crippen molar-refractivity contribution in [3.63, 3.8) is 0 Å². The van der Waals surface area contributed by atoms with E-state index in [1.165, 1.54) is 24.0 Å². The summed E-state index contributed by atoms with van der Waals surface area (Å²) in [7, 11) is 0. The third kappa shape index (κ3) is 3.89. The van der Waals surface area contributed by atoms with Crippen LogP contribution in [0.4, 0.5) is 0 Å². The van der Waals surface area contributed by atoms with E-state index in [0.717, 1.165) is 28.5 Å². The summed E-state index contributed by atoms with van der Waals surface area (Å²) in [5, 5.41) is 5.41. The van der Waals surface area contributed by atoms with Crippen LogP contribution in [0.3, 0.4) is 0 Å². The zero-order valence-corrected chi connectivity index (χ0v) is 16.6. The van der Waals surface area contributed by atoms with Crippen LogP contribution in [0.15, 0.2) is 60.7 Å². The van der Waals surface area contributed by atoms with Crippen molar-refractivity contribution >= 4 is 16.7 Å². The molecule has 1 N–H and O–H groups in total. The summed E-state index contributed by atoms with van der Waals surface area (Å²) in [4.78, 5) is 12.8. The lowest BCUT2D eigenvalue weighted by Crippen LogP contribution is -2.39. The Hall–Kier alpha value is -2.81. The Morgan fingerprint density at radius 3 is 2.61 bits per heavy atom. The van der Waals surface area contributed by atoms with Crippen LogP contribution in [0.25, 0.3) is 10.8 Å². The molecule has 1 aliphatic carbocycles. The second kappa shape index (κ2) is 8.05. The lowest BCUT2D eigenvalue weighted by Gasteiger charge is -2.21. The largest absolute Gasteiger partial charge is 0.481 e. The molecule has 0 saturated carbocycles. The third-order valence-electron chi connectivity index (χ3n) is 5.64. The Morgan fingerprint density at radius 2 is 1.79 bits per heavy atom. The molecule has 3 nitrogen and oxygen atoms in total. The summed E-state index contributed by atoms with van der Waals surface area (Å²) in [6.45, 7) is 4.02. The van der Waals surface area contributed by atoms with Crippen LogP contribution in [0.1, 0.15) is 49.4 Å². The standard InChI is InChI=1S/C25H27NO2/c1-3-24(28-23-14-13-18-7-4-5-8-22(18)16-23)25(27)26-17(2)20-12-11-19-9-6-10-21(19)15-20/h4-5,7-8,11-17,24H,3,6,9-10H2,1-2H3,(H,26,27). The Bertz CT molecular complexity index is 995. The van der Waals surface area contributed by atoms with Gasteiger partial charge in [0.25, 0.3) is 5.91 Å². The number of ether oxygens (including phenoxy) is 1. The number of carbonyl (C=O) groups is 1. The molecule has 1 amide bonds. The average molecular weight is 373 g/mol. The van der Waals surface area contributed by atoms with Crippen LogP contribution in [0, 0.1) is 0 Å². The highest BCUT2D eigenvalue weighted by molar-refractivity contribution is 5.84. The first kappa shape index (κ1) is 18.5. The van der Waals surface area contributed by atoms with Gasteiger partial charge in [-0.2, -0.15) is 0 Å². The Labute approximate surface area is 166 Å². The van der Waals surface area contributed by atoms with Gasteiger partial charge in [0.1, 0.15) is 5.75 Å². The van der Waals surface area contributed by atoms with Gasteiger partial charge in [0.05, 0.1) is 6.04 Å². The fraction of sp³-hybridized carbons (Fsp3) is 0.320. The van der Waals surface area contributed by atoms with Gasteiger partial charge in [-0.15, -0.1) is 0 Å². The number of aryl methyl sites for hydroxylation is 2. The van der Waals surface area contributed by atoms with E-state index in [1.807, 2.05) is 44.2 Å². The van der Waals surface area contributed by atoms with Gasteiger partial charge >= 0.3 is 0 Å². The summed E-state index contributed by atoms with van der Waals surface area (Å²) >= 11 is 0. The molecule has 144 valence electrons. The molecule has 0 fully saturated rings. The smallest absolute Gasteiger partial charge is 0.261 e. The second-order valence-electron chi connectivity index (χ2n) is 7.64. The quantitative estimate of drug-likeness (QED) is 0.631. The Kier molecular flexibility index (Phi) is 5.34. The number of nitrogens with one attached hydrogen (secondary N) is 1. The van der Waals surface area contributed by atoms with E-state index in [2.05, 4.69) is 35.6 Å². The summed E-state index contributed by atoms with van der Waals surface area (Å²) in [5.41, 5.74) is 4.04. The maximum Gasteiger partial charge on any atom is 0.261 e. The Morgan fingerprint density at radius 1 is 1.00 bits per heavy atom. The van der Waals surface area contributed by atoms with Crippen molar-refractivity contribution in [2.45, 2.75) is 51.7 Å². The van der Waals surface area contributed by atoms with Gasteiger partial charge in [-0.25, -0.2) is 0 Å². The van der Waals surface area contributed by atoms with Crippen LogP contribution >= 0.6 is 0 Å². The molecular weight excluding hydrogens is 346 g/mol. The van der Waals surface area contributed by atoms with Gasteiger partial charge in [0.2, 0.25) is 0 Å². The summed E-state index contributed by atoms with van der Waals surface area (Å²) in [6.07, 6.45) is 3.67. The molecule has 0 radical (unpaired) electrons. The normalized spacial score (nSPS) is 15.1. The van der Waals surface area contributed by atoms with Crippen molar-refractivity contribution in [2.24, 2.45) is 0 Å². The minimum atomic E-state index is -0.502. The molecular formula is C25H27NO2. The number of fused-ring (bicyclic) bond motifs is 2. The van der Waals surface area contributed by atoms with Crippen LogP contribution in [-0.2, 0) is 17.6 Å². The topological polar surface area (TPSA) is 38.3 Å². The van der Waals surface area contributed by atoms with Gasteiger partial charge < -0.3 is 10.1 Å². The van der Waals surface area contributed by atoms with Crippen molar-refractivity contribution in [1.29, 1.82) is 0 Å². The molecule has 3 aromatic carbocycles. The molecule has 4 rings (SSSR count). The molecule has 2 atom stereocenters. The van der Waals surface area contributed by atoms with E-state index < -0.39 is 6.10 Å². The lowest BCUT2D eigenvalue weighted by molar-refractivity contribution is -0.128. The molecule has 0 bridgehead atoms. The second-order valence-corrected chi connectivity index (χ2v) is 7.64. The van der Waals surface area contributed by atoms with Gasteiger partial charge in [-0.3, -0.25) is 4.79 Å². The fourth-order valence-electron chi connectivity index (χ4n) is 3.98. The molecule has 0 aromatic heterocycles. The first-order chi connectivity index (χ1) is 13.6. The highest BCUT2D eigenvalue weighted by Gasteiger charge is 2.21. The SMILES string of the molecule is CCC(Oc1ccc2ccccc2c1)C(=O)NC(C)c1ccc2c(c1)CCC2. The maximum atomic E-state index is 12.8. The molecule has 1 aliphatic rings. The van der Waals surface area contributed by atoms with Gasteiger partial charge in [0.15, 0.2) is 6.10 Å². The number of carbonyl (C=O) groups excluding carboxylic acids is 1. The van der Waals surface area contributed by atoms with Crippen molar-refractivity contribution in [2.75, 3.05) is 0 Å². The summed E-state index contributed by atoms with van der Waals surface area (Å²) < 4.78 is 6.03. The van der Waals surface area contributed by atoms with Gasteiger partial charge in [0, 0.05) is 0 Å². The zero-order chi connectivity index (χ0) is 19.5. The third-order valence-corrected chi connectivity index (χ3v) is 5.64. The van der Waals surface area contributed by atoms with Crippen molar-refractivity contribution in [3.05, 3.63) is 77.4 Å². The van der Waals surface area contributed by atoms with Crippen LogP contribution in [0.5, 0.6) is 5.75 Å². The van der Waals surface area contributed by atoms with Crippen LogP contribution < -0.4 is 10.1 Å². The van der Waals surface area contributed by atoms with E-state index in [9.17, 15) is 4.79 Å². The monoisotopic (exact) mass is 373 g/mol. The van der Waals surface area contributed by atoms with Crippen molar-refractivity contribution < 1.29 is 9.53 Å². The number of benzene rings is 3. The molecule has 0 spiro atoms. The lowest BCUT2D eigenvalue weighted by atomic mass is 10.0. The molecule has 28 heavy (non-hydrogen) atoms. The number of rotatable bonds is 6. The van der Waals surface area contributed by atoms with Crippen LogP contribution in [0.2, 0.25) is 0 Å². The van der Waals surface area contributed by atoms with Crippen molar-refractivity contribution in [3.8, 4) is 5.75 Å². The highest BCUT2D eigenvalue weighted by Crippen LogP contribution is 2.26. The van der Waals surface area contributed by atoms with E-state index in [1.54, 1.807) is 0 Å². The van der Waals surface area contributed by atoms with E-state index in [-0.39, 0.29) is 11.9 Å². The number of hydrogen-bond acceptors (Lipinski definition) is 2. The van der Waals surface area contributed by atoms with E-state index in [0.29, 0.717) is 6.42 Å². The van der Waals surface area contributed by atoms with Gasteiger partial charge in [-0.1, -0.05) is 55.5 Å². The molecule has 2 unspecified atom stereocenters.